The standard InChI is InChI=1S/C16H26N2O/c1-12(2)19-15-6-4-5-14(9-15)16(10-17)18(3)11-13-7-8-13/h4-6,9,12-13,16H,7-8,10-11,17H2,1-3H3. The van der Waals surface area contributed by atoms with Crippen molar-refractivity contribution in [2.45, 2.75) is 38.8 Å². The van der Waals surface area contributed by atoms with E-state index in [4.69, 9.17) is 10.5 Å². The third kappa shape index (κ3) is 4.22. The Balaban J connectivity index is 2.07. The van der Waals surface area contributed by atoms with Crippen LogP contribution in [0.25, 0.3) is 0 Å². The van der Waals surface area contributed by atoms with Crippen LogP contribution in [0.1, 0.15) is 38.3 Å². The molecule has 1 saturated carbocycles. The Labute approximate surface area is 116 Å². The normalized spacial score (nSPS) is 16.9. The van der Waals surface area contributed by atoms with Crippen molar-refractivity contribution in [1.82, 2.24) is 4.90 Å². The van der Waals surface area contributed by atoms with E-state index in [1.807, 2.05) is 19.9 Å². The molecule has 1 atom stereocenters. The molecule has 1 aromatic rings. The fraction of sp³-hybridized carbons (Fsp3) is 0.625. The molecule has 3 heteroatoms. The van der Waals surface area contributed by atoms with Gasteiger partial charge in [0.05, 0.1) is 6.10 Å². The van der Waals surface area contributed by atoms with Crippen LogP contribution in [0.2, 0.25) is 0 Å². The van der Waals surface area contributed by atoms with Gasteiger partial charge in [0.15, 0.2) is 0 Å². The van der Waals surface area contributed by atoms with Crippen LogP contribution in [-0.4, -0.2) is 31.1 Å². The number of hydrogen-bond acceptors (Lipinski definition) is 3. The van der Waals surface area contributed by atoms with Crippen LogP contribution in [0, 0.1) is 5.92 Å². The van der Waals surface area contributed by atoms with Gasteiger partial charge in [0, 0.05) is 19.1 Å². The van der Waals surface area contributed by atoms with Crippen LogP contribution in [0.15, 0.2) is 24.3 Å². The topological polar surface area (TPSA) is 38.5 Å². The van der Waals surface area contributed by atoms with Gasteiger partial charge in [0.2, 0.25) is 0 Å². The minimum Gasteiger partial charge on any atom is -0.491 e. The molecule has 3 nitrogen and oxygen atoms in total. The fourth-order valence-corrected chi connectivity index (χ4v) is 2.47. The zero-order valence-corrected chi connectivity index (χ0v) is 12.3. The Hall–Kier alpha value is -1.06. The third-order valence-electron chi connectivity index (χ3n) is 3.61. The van der Waals surface area contributed by atoms with E-state index < -0.39 is 0 Å². The summed E-state index contributed by atoms with van der Waals surface area (Å²) in [4.78, 5) is 2.38. The number of ether oxygens (including phenoxy) is 1. The SMILES string of the molecule is CC(C)Oc1cccc(C(CN)N(C)CC2CC2)c1. The van der Waals surface area contributed by atoms with Crippen molar-refractivity contribution in [2.75, 3.05) is 20.1 Å². The Morgan fingerprint density at radius 3 is 2.68 bits per heavy atom. The van der Waals surface area contributed by atoms with E-state index in [9.17, 15) is 0 Å². The van der Waals surface area contributed by atoms with Crippen LogP contribution >= 0.6 is 0 Å². The summed E-state index contributed by atoms with van der Waals surface area (Å²) in [6.07, 6.45) is 2.95. The van der Waals surface area contributed by atoms with Crippen LogP contribution in [0.3, 0.4) is 0 Å². The van der Waals surface area contributed by atoms with Crippen molar-refractivity contribution in [3.8, 4) is 5.75 Å². The van der Waals surface area contributed by atoms with Gasteiger partial charge in [-0.2, -0.15) is 0 Å². The second-order valence-corrected chi connectivity index (χ2v) is 5.87. The maximum absolute atomic E-state index is 5.97. The minimum atomic E-state index is 0.204. The average Bonchev–Trinajstić information content (AvgIpc) is 3.13. The molecular formula is C16H26N2O. The molecule has 0 spiro atoms. The minimum absolute atomic E-state index is 0.204. The highest BCUT2D eigenvalue weighted by atomic mass is 16.5. The summed E-state index contributed by atoms with van der Waals surface area (Å²) in [6.45, 7) is 5.89. The molecule has 1 unspecified atom stereocenters. The van der Waals surface area contributed by atoms with Crippen LogP contribution in [0.4, 0.5) is 0 Å². The maximum atomic E-state index is 5.97. The van der Waals surface area contributed by atoms with Crippen molar-refractivity contribution in [3.63, 3.8) is 0 Å². The number of hydrogen-bond donors (Lipinski definition) is 1. The van der Waals surface area contributed by atoms with Gasteiger partial charge in [0.1, 0.15) is 5.75 Å². The monoisotopic (exact) mass is 262 g/mol. The molecule has 0 bridgehead atoms. The van der Waals surface area contributed by atoms with Crippen LogP contribution < -0.4 is 10.5 Å². The zero-order chi connectivity index (χ0) is 13.8. The Kier molecular flexibility index (Phi) is 4.83. The van der Waals surface area contributed by atoms with E-state index in [0.717, 1.165) is 18.2 Å². The van der Waals surface area contributed by atoms with Crippen molar-refractivity contribution in [3.05, 3.63) is 29.8 Å². The molecule has 0 aliphatic heterocycles. The molecule has 0 amide bonds. The summed E-state index contributed by atoms with van der Waals surface area (Å²) in [5.41, 5.74) is 7.22. The lowest BCUT2D eigenvalue weighted by Gasteiger charge is -2.27. The summed E-state index contributed by atoms with van der Waals surface area (Å²) < 4.78 is 5.76. The Morgan fingerprint density at radius 1 is 1.37 bits per heavy atom. The predicted octanol–water partition coefficient (Wildman–Crippen LogP) is 2.82. The van der Waals surface area contributed by atoms with E-state index in [1.165, 1.54) is 18.4 Å². The summed E-state index contributed by atoms with van der Waals surface area (Å²) in [7, 11) is 2.17. The first kappa shape index (κ1) is 14.4. The first-order valence-electron chi connectivity index (χ1n) is 7.27. The van der Waals surface area contributed by atoms with E-state index in [0.29, 0.717) is 6.54 Å². The van der Waals surface area contributed by atoms with Crippen molar-refractivity contribution in [2.24, 2.45) is 11.7 Å². The van der Waals surface area contributed by atoms with Gasteiger partial charge >= 0.3 is 0 Å². The number of rotatable bonds is 7. The largest absolute Gasteiger partial charge is 0.491 e. The summed E-state index contributed by atoms with van der Waals surface area (Å²) >= 11 is 0. The van der Waals surface area contributed by atoms with Crippen molar-refractivity contribution in [1.29, 1.82) is 0 Å². The lowest BCUT2D eigenvalue weighted by atomic mass is 10.0. The average molecular weight is 262 g/mol. The first-order chi connectivity index (χ1) is 9.10. The van der Waals surface area contributed by atoms with Crippen LogP contribution in [-0.2, 0) is 0 Å². The summed E-state index contributed by atoms with van der Waals surface area (Å²) in [6, 6.07) is 8.63. The molecule has 1 fully saturated rings. The zero-order valence-electron chi connectivity index (χ0n) is 12.3. The molecule has 1 aromatic carbocycles. The molecule has 2 rings (SSSR count). The van der Waals surface area contributed by atoms with Gasteiger partial charge in [-0.3, -0.25) is 4.90 Å². The number of benzene rings is 1. The molecular weight excluding hydrogens is 236 g/mol. The molecule has 0 heterocycles. The number of nitrogens with two attached hydrogens (primary N) is 1. The summed E-state index contributed by atoms with van der Waals surface area (Å²) in [5, 5.41) is 0. The molecule has 0 radical (unpaired) electrons. The van der Waals surface area contributed by atoms with Gasteiger partial charge in [-0.25, -0.2) is 0 Å². The second-order valence-electron chi connectivity index (χ2n) is 5.87. The van der Waals surface area contributed by atoms with Gasteiger partial charge in [-0.15, -0.1) is 0 Å². The molecule has 19 heavy (non-hydrogen) atoms. The molecule has 0 aromatic heterocycles. The lowest BCUT2D eigenvalue weighted by molar-refractivity contribution is 0.232. The number of nitrogens with zero attached hydrogens (tertiary/aromatic N) is 1. The van der Waals surface area contributed by atoms with E-state index in [1.54, 1.807) is 0 Å². The Morgan fingerprint density at radius 2 is 2.11 bits per heavy atom. The molecule has 1 aliphatic rings. The van der Waals surface area contributed by atoms with E-state index >= 15 is 0 Å². The lowest BCUT2D eigenvalue weighted by Crippen LogP contribution is -2.32. The fourth-order valence-electron chi connectivity index (χ4n) is 2.47. The smallest absolute Gasteiger partial charge is 0.120 e. The highest BCUT2D eigenvalue weighted by Crippen LogP contribution is 2.32. The molecule has 106 valence electrons. The van der Waals surface area contributed by atoms with Gasteiger partial charge in [-0.05, 0) is 57.4 Å². The quantitative estimate of drug-likeness (QED) is 0.821. The highest BCUT2D eigenvalue weighted by molar-refractivity contribution is 5.31. The van der Waals surface area contributed by atoms with Gasteiger partial charge in [0.25, 0.3) is 0 Å². The maximum Gasteiger partial charge on any atom is 0.120 e. The van der Waals surface area contributed by atoms with E-state index in [2.05, 4.69) is 30.1 Å². The number of likely N-dealkylation sites (N-methyl/N-ethyl adjacent to an activating group) is 1. The Bertz CT molecular complexity index is 401. The summed E-state index contributed by atoms with van der Waals surface area (Å²) in [5.74, 6) is 1.82. The van der Waals surface area contributed by atoms with Crippen LogP contribution in [0.5, 0.6) is 5.75 Å². The predicted molar refractivity (Wildman–Crippen MR) is 79.4 cm³/mol. The van der Waals surface area contributed by atoms with Crippen molar-refractivity contribution >= 4 is 0 Å². The molecule has 1 aliphatic carbocycles. The van der Waals surface area contributed by atoms with E-state index in [-0.39, 0.29) is 12.1 Å². The van der Waals surface area contributed by atoms with Gasteiger partial charge < -0.3 is 10.5 Å². The van der Waals surface area contributed by atoms with Gasteiger partial charge in [-0.1, -0.05) is 12.1 Å². The first-order valence-corrected chi connectivity index (χ1v) is 7.27. The highest BCUT2D eigenvalue weighted by Gasteiger charge is 2.26. The third-order valence-corrected chi connectivity index (χ3v) is 3.61. The van der Waals surface area contributed by atoms with Crippen molar-refractivity contribution < 1.29 is 4.74 Å². The molecule has 2 N–H and O–H groups in total. The molecule has 0 saturated heterocycles. The second kappa shape index (κ2) is 6.40.